The van der Waals surface area contributed by atoms with Crippen LogP contribution in [0.4, 0.5) is 18.0 Å². The van der Waals surface area contributed by atoms with Gasteiger partial charge in [-0.15, -0.1) is 0 Å². The van der Waals surface area contributed by atoms with Gasteiger partial charge in [-0.05, 0) is 45.1 Å². The highest BCUT2D eigenvalue weighted by atomic mass is 19.2. The smallest absolute Gasteiger partial charge is 0.407 e. The van der Waals surface area contributed by atoms with Crippen molar-refractivity contribution >= 4 is 6.09 Å². The Morgan fingerprint density at radius 3 is 2.58 bits per heavy atom. The summed E-state index contributed by atoms with van der Waals surface area (Å²) in [5, 5.41) is 2.66. The van der Waals surface area contributed by atoms with Crippen LogP contribution in [0.5, 0.6) is 5.75 Å². The van der Waals surface area contributed by atoms with Gasteiger partial charge in [-0.1, -0.05) is 0 Å². The number of carbonyl (C=O) groups is 1. The van der Waals surface area contributed by atoms with Crippen LogP contribution in [0.3, 0.4) is 0 Å². The highest BCUT2D eigenvalue weighted by Gasteiger charge is 2.41. The van der Waals surface area contributed by atoms with Crippen LogP contribution in [0.2, 0.25) is 0 Å². The predicted octanol–water partition coefficient (Wildman–Crippen LogP) is 3.94. The van der Waals surface area contributed by atoms with Crippen LogP contribution >= 0.6 is 0 Å². The molecule has 0 saturated heterocycles. The fourth-order valence-corrected chi connectivity index (χ4v) is 2.49. The van der Waals surface area contributed by atoms with Crippen molar-refractivity contribution in [1.82, 2.24) is 5.32 Å². The van der Waals surface area contributed by atoms with E-state index in [1.807, 2.05) is 0 Å². The second kappa shape index (κ2) is 7.32. The predicted molar refractivity (Wildman–Crippen MR) is 82.9 cm³/mol. The van der Waals surface area contributed by atoms with E-state index in [0.29, 0.717) is 18.5 Å². The van der Waals surface area contributed by atoms with E-state index in [2.05, 4.69) is 5.32 Å². The maximum absolute atomic E-state index is 13.5. The molecule has 0 aromatic heterocycles. The number of hydrogen-bond donors (Lipinski definition) is 1. The Morgan fingerprint density at radius 1 is 1.29 bits per heavy atom. The number of hydrogen-bond acceptors (Lipinski definition) is 3. The van der Waals surface area contributed by atoms with E-state index in [-0.39, 0.29) is 24.2 Å². The maximum Gasteiger partial charge on any atom is 0.407 e. The third kappa shape index (κ3) is 5.04. The summed E-state index contributed by atoms with van der Waals surface area (Å²) < 4.78 is 49.4. The van der Waals surface area contributed by atoms with Crippen molar-refractivity contribution in [3.8, 4) is 5.75 Å². The minimum Gasteiger partial charge on any atom is -0.490 e. The van der Waals surface area contributed by atoms with Crippen LogP contribution in [0.1, 0.15) is 38.7 Å². The minimum atomic E-state index is -1.03. The van der Waals surface area contributed by atoms with Crippen molar-refractivity contribution in [2.45, 2.75) is 38.7 Å². The van der Waals surface area contributed by atoms with Gasteiger partial charge in [-0.25, -0.2) is 18.0 Å². The van der Waals surface area contributed by atoms with E-state index in [0.717, 1.165) is 12.1 Å². The number of alkyl halides is 1. The Kier molecular flexibility index (Phi) is 5.62. The average molecular weight is 345 g/mol. The van der Waals surface area contributed by atoms with Crippen molar-refractivity contribution in [3.63, 3.8) is 0 Å². The van der Waals surface area contributed by atoms with Crippen LogP contribution in [-0.4, -0.2) is 31.5 Å². The van der Waals surface area contributed by atoms with E-state index >= 15 is 0 Å². The Hall–Kier alpha value is -1.92. The molecule has 1 aromatic rings. The molecule has 0 bridgehead atoms. The first-order valence-corrected chi connectivity index (χ1v) is 7.86. The molecule has 1 amide bonds. The fourth-order valence-electron chi connectivity index (χ4n) is 2.49. The Labute approximate surface area is 139 Å². The van der Waals surface area contributed by atoms with Crippen molar-refractivity contribution < 1.29 is 27.4 Å². The summed E-state index contributed by atoms with van der Waals surface area (Å²) in [5.74, 6) is -1.84. The van der Waals surface area contributed by atoms with Gasteiger partial charge in [0.05, 0.1) is 0 Å². The highest BCUT2D eigenvalue weighted by molar-refractivity contribution is 5.67. The molecule has 0 aliphatic heterocycles. The monoisotopic (exact) mass is 345 g/mol. The van der Waals surface area contributed by atoms with Crippen LogP contribution < -0.4 is 10.1 Å². The summed E-state index contributed by atoms with van der Waals surface area (Å²) in [6, 6.07) is 2.03. The lowest BCUT2D eigenvalue weighted by Gasteiger charge is -2.19. The van der Waals surface area contributed by atoms with E-state index in [1.165, 1.54) is 0 Å². The van der Waals surface area contributed by atoms with E-state index in [9.17, 15) is 18.0 Å². The summed E-state index contributed by atoms with van der Waals surface area (Å²) in [5.41, 5.74) is -0.0844. The molecule has 2 unspecified atom stereocenters. The van der Waals surface area contributed by atoms with Gasteiger partial charge >= 0.3 is 6.09 Å². The molecule has 24 heavy (non-hydrogen) atoms. The second-order valence-corrected chi connectivity index (χ2v) is 6.83. The molecular formula is C17H22F3NO3. The minimum absolute atomic E-state index is 0.0651. The number of rotatable bonds is 6. The molecule has 0 heterocycles. The molecule has 1 fully saturated rings. The average Bonchev–Trinajstić information content (AvgIpc) is 3.23. The fraction of sp³-hybridized carbons (Fsp3) is 0.588. The van der Waals surface area contributed by atoms with Crippen molar-refractivity contribution in [2.75, 3.05) is 19.8 Å². The summed E-state index contributed by atoms with van der Waals surface area (Å²) in [6.07, 6.45) is 0.180. The molecule has 1 saturated carbocycles. The molecule has 1 aliphatic rings. The normalized spacial score (nSPS) is 19.8. The van der Waals surface area contributed by atoms with Gasteiger partial charge in [0.2, 0.25) is 0 Å². The molecule has 2 rings (SSSR count). The highest BCUT2D eigenvalue weighted by Crippen LogP contribution is 2.50. The Balaban J connectivity index is 1.96. The van der Waals surface area contributed by atoms with Crippen molar-refractivity contribution in [1.29, 1.82) is 0 Å². The molecule has 1 aromatic carbocycles. The van der Waals surface area contributed by atoms with Crippen LogP contribution in [0.15, 0.2) is 12.1 Å². The van der Waals surface area contributed by atoms with Gasteiger partial charge in [-0.3, -0.25) is 0 Å². The number of amides is 1. The van der Waals surface area contributed by atoms with Gasteiger partial charge in [0.1, 0.15) is 24.6 Å². The first-order chi connectivity index (χ1) is 11.2. The molecular weight excluding hydrogens is 323 g/mol. The van der Waals surface area contributed by atoms with E-state index < -0.39 is 30.0 Å². The van der Waals surface area contributed by atoms with Crippen molar-refractivity contribution in [3.05, 3.63) is 29.3 Å². The second-order valence-electron chi connectivity index (χ2n) is 6.83. The SMILES string of the molecule is CC(C)(C)OC(=O)NCC1CC1c1cc(F)c(F)cc1OCCF. The molecule has 1 aliphatic carbocycles. The zero-order valence-corrected chi connectivity index (χ0v) is 14.0. The largest absolute Gasteiger partial charge is 0.490 e. The van der Waals surface area contributed by atoms with Gasteiger partial charge in [0.15, 0.2) is 11.6 Å². The lowest BCUT2D eigenvalue weighted by Crippen LogP contribution is -2.33. The number of alkyl carbamates (subject to hydrolysis) is 1. The maximum atomic E-state index is 13.5. The quantitative estimate of drug-likeness (QED) is 0.849. The van der Waals surface area contributed by atoms with E-state index in [1.54, 1.807) is 20.8 Å². The molecule has 4 nitrogen and oxygen atoms in total. The Morgan fingerprint density at radius 2 is 1.96 bits per heavy atom. The summed E-state index contributed by atoms with van der Waals surface area (Å²) in [4.78, 5) is 11.6. The third-order valence-corrected chi connectivity index (χ3v) is 3.62. The Bertz CT molecular complexity index is 601. The van der Waals surface area contributed by atoms with Gasteiger partial charge in [0.25, 0.3) is 0 Å². The van der Waals surface area contributed by atoms with Crippen LogP contribution in [0.25, 0.3) is 0 Å². The first kappa shape index (κ1) is 18.4. The number of halogens is 3. The number of ether oxygens (including phenoxy) is 2. The zero-order chi connectivity index (χ0) is 17.9. The lowest BCUT2D eigenvalue weighted by atomic mass is 10.1. The lowest BCUT2D eigenvalue weighted by molar-refractivity contribution is 0.0525. The zero-order valence-electron chi connectivity index (χ0n) is 14.0. The topological polar surface area (TPSA) is 47.6 Å². The number of benzene rings is 1. The van der Waals surface area contributed by atoms with Gasteiger partial charge in [-0.2, -0.15) is 0 Å². The standard InChI is InChI=1S/C17H22F3NO3/c1-17(2,3)24-16(22)21-9-10-6-11(10)12-7-13(19)14(20)8-15(12)23-5-4-18/h7-8,10-11H,4-6,9H2,1-3H3,(H,21,22). The molecule has 1 N–H and O–H groups in total. The molecule has 2 atom stereocenters. The van der Waals surface area contributed by atoms with Crippen LogP contribution in [0, 0.1) is 17.6 Å². The number of carbonyl (C=O) groups excluding carboxylic acids is 1. The van der Waals surface area contributed by atoms with E-state index in [4.69, 9.17) is 9.47 Å². The molecule has 0 radical (unpaired) electrons. The molecule has 134 valence electrons. The number of nitrogens with one attached hydrogen (secondary N) is 1. The third-order valence-electron chi connectivity index (χ3n) is 3.62. The molecule has 7 heteroatoms. The summed E-state index contributed by atoms with van der Waals surface area (Å²) in [6.45, 7) is 4.73. The van der Waals surface area contributed by atoms with Gasteiger partial charge in [0, 0.05) is 18.2 Å². The van der Waals surface area contributed by atoms with Gasteiger partial charge < -0.3 is 14.8 Å². The van der Waals surface area contributed by atoms with Crippen molar-refractivity contribution in [2.24, 2.45) is 5.92 Å². The summed E-state index contributed by atoms with van der Waals surface area (Å²) >= 11 is 0. The first-order valence-electron chi connectivity index (χ1n) is 7.86. The molecule has 0 spiro atoms. The van der Waals surface area contributed by atoms with Crippen LogP contribution in [-0.2, 0) is 4.74 Å². The summed E-state index contributed by atoms with van der Waals surface area (Å²) in [7, 11) is 0.